The molecular formula is C46H67N3O12P2Si. The van der Waals surface area contributed by atoms with Gasteiger partial charge in [-0.2, -0.15) is 15.8 Å². The molecule has 64 heavy (non-hydrogen) atoms. The molecule has 2 aliphatic heterocycles. The number of rotatable bonds is 16. The number of cyclic esters (lactones) is 2. The summed E-state index contributed by atoms with van der Waals surface area (Å²) in [5, 5.41) is 34.0. The standard InChI is InChI=1S/C25H38NO5PSi.C18H22NO7P.C2H3N.CH4/c1-17(14-25(3,16-26)32(5,6)28)10-11-19-22(29-4)18(2)20-15-31-24(27)21(20)23(19)30-12-13-33(7,8)9;1-10(7-18(3,9-19)27(22,23)24)5-6-12-15(20)14-13(8-26-17(14)21)11(2)16(12)25-4;1-2-3;/h10H,11-15H2,1-9H3;5,20H,6-8H2,1-4H3,(H2,22,23,24);1H3;1H4/b17-10+;10-5+;;. The highest BCUT2D eigenvalue weighted by Crippen LogP contribution is 2.55. The lowest BCUT2D eigenvalue weighted by molar-refractivity contribution is 0.0523. The van der Waals surface area contributed by atoms with Crippen molar-refractivity contribution in [2.75, 3.05) is 34.2 Å². The summed E-state index contributed by atoms with van der Waals surface area (Å²) >= 11 is 0. The van der Waals surface area contributed by atoms with Crippen molar-refractivity contribution >= 4 is 34.8 Å². The fourth-order valence-electron chi connectivity index (χ4n) is 7.00. The molecule has 4 rings (SSSR count). The molecule has 0 radical (unpaired) electrons. The van der Waals surface area contributed by atoms with Gasteiger partial charge in [0.2, 0.25) is 0 Å². The summed E-state index contributed by atoms with van der Waals surface area (Å²) in [4.78, 5) is 43.3. The maximum Gasteiger partial charge on any atom is 0.345 e. The Bertz CT molecular complexity index is 2370. The third-order valence-corrected chi connectivity index (χ3v) is 17.1. The number of nitrogens with zero attached hydrogens (tertiary/aromatic N) is 3. The van der Waals surface area contributed by atoms with Crippen molar-refractivity contribution in [3.05, 3.63) is 67.8 Å². The monoisotopic (exact) mass is 943 g/mol. The molecule has 18 heteroatoms. The number of esters is 2. The molecule has 0 bridgehead atoms. The largest absolute Gasteiger partial charge is 0.507 e. The number of hydrogen-bond donors (Lipinski definition) is 3. The first-order valence-corrected chi connectivity index (χ1v) is 28.1. The van der Waals surface area contributed by atoms with Crippen LogP contribution >= 0.6 is 14.7 Å². The summed E-state index contributed by atoms with van der Waals surface area (Å²) in [6, 6.07) is 6.67. The molecule has 2 aromatic carbocycles. The number of nitriles is 3. The minimum Gasteiger partial charge on any atom is -0.507 e. The van der Waals surface area contributed by atoms with Crippen molar-refractivity contribution in [1.29, 1.82) is 15.8 Å². The summed E-state index contributed by atoms with van der Waals surface area (Å²) in [6.07, 6.45) is 4.56. The van der Waals surface area contributed by atoms with Crippen molar-refractivity contribution in [3.8, 4) is 41.2 Å². The molecule has 0 saturated carbocycles. The molecule has 2 atom stereocenters. The van der Waals surface area contributed by atoms with Gasteiger partial charge >= 0.3 is 19.5 Å². The third-order valence-electron chi connectivity index (χ3n) is 11.2. The highest BCUT2D eigenvalue weighted by molar-refractivity contribution is 7.64. The fraction of sp³-hybridized carbons (Fsp3) is 0.543. The lowest BCUT2D eigenvalue weighted by Crippen LogP contribution is -2.23. The Labute approximate surface area is 380 Å². The summed E-state index contributed by atoms with van der Waals surface area (Å²) in [6.45, 7) is 22.7. The van der Waals surface area contributed by atoms with Crippen LogP contribution in [-0.2, 0) is 44.7 Å². The topological polar surface area (TPSA) is 246 Å². The van der Waals surface area contributed by atoms with Crippen molar-refractivity contribution in [3.63, 3.8) is 0 Å². The van der Waals surface area contributed by atoms with Crippen LogP contribution in [0, 0.1) is 47.8 Å². The molecule has 2 heterocycles. The van der Waals surface area contributed by atoms with Gasteiger partial charge in [0.05, 0.1) is 39.0 Å². The van der Waals surface area contributed by atoms with Crippen molar-refractivity contribution in [1.82, 2.24) is 0 Å². The van der Waals surface area contributed by atoms with E-state index < -0.39 is 39.1 Å². The molecule has 0 saturated heterocycles. The lowest BCUT2D eigenvalue weighted by Gasteiger charge is -2.26. The third kappa shape index (κ3) is 13.3. The Morgan fingerprint density at radius 2 is 1.20 bits per heavy atom. The molecule has 352 valence electrons. The Balaban J connectivity index is 0.000000604. The zero-order valence-electron chi connectivity index (χ0n) is 39.1. The molecule has 0 amide bonds. The zero-order valence-corrected chi connectivity index (χ0v) is 41.9. The van der Waals surface area contributed by atoms with Crippen LogP contribution < -0.4 is 14.2 Å². The van der Waals surface area contributed by atoms with E-state index in [0.717, 1.165) is 28.3 Å². The molecule has 0 spiro atoms. The predicted molar refractivity (Wildman–Crippen MR) is 251 cm³/mol. The van der Waals surface area contributed by atoms with Crippen LogP contribution in [0.4, 0.5) is 0 Å². The summed E-state index contributed by atoms with van der Waals surface area (Å²) in [5.74, 6) is 0.462. The summed E-state index contributed by atoms with van der Waals surface area (Å²) < 4.78 is 52.0. The van der Waals surface area contributed by atoms with E-state index >= 15 is 0 Å². The molecule has 15 nitrogen and oxygen atoms in total. The van der Waals surface area contributed by atoms with Gasteiger partial charge in [0.25, 0.3) is 0 Å². The van der Waals surface area contributed by atoms with E-state index in [1.807, 2.05) is 19.9 Å². The van der Waals surface area contributed by atoms with Gasteiger partial charge in [-0.25, -0.2) is 9.59 Å². The number of phenols is 1. The number of phenolic OH excluding ortho intramolecular Hbond substituents is 1. The maximum atomic E-state index is 12.7. The van der Waals surface area contributed by atoms with Gasteiger partial charge < -0.3 is 43.1 Å². The van der Waals surface area contributed by atoms with E-state index in [0.29, 0.717) is 64.5 Å². The van der Waals surface area contributed by atoms with Gasteiger partial charge in [-0.05, 0) is 97.7 Å². The van der Waals surface area contributed by atoms with Crippen LogP contribution in [0.3, 0.4) is 0 Å². The summed E-state index contributed by atoms with van der Waals surface area (Å²) in [7, 11) is -5.51. The quantitative estimate of drug-likeness (QED) is 0.0613. The number of fused-ring (bicyclic) bond motifs is 2. The number of carbonyl (C=O) groups excluding carboxylic acids is 2. The Morgan fingerprint density at radius 1 is 0.797 bits per heavy atom. The lowest BCUT2D eigenvalue weighted by atomic mass is 9.94. The Morgan fingerprint density at radius 3 is 1.61 bits per heavy atom. The first-order valence-electron chi connectivity index (χ1n) is 20.2. The van der Waals surface area contributed by atoms with E-state index in [1.165, 1.54) is 21.0 Å². The van der Waals surface area contributed by atoms with E-state index in [1.54, 1.807) is 59.4 Å². The van der Waals surface area contributed by atoms with Crippen LogP contribution in [0.2, 0.25) is 25.7 Å². The van der Waals surface area contributed by atoms with Gasteiger partial charge in [-0.3, -0.25) is 4.57 Å². The first-order chi connectivity index (χ1) is 29.0. The first kappa shape index (κ1) is 57.1. The molecule has 2 aliphatic rings. The van der Waals surface area contributed by atoms with Crippen molar-refractivity contribution < 1.29 is 57.3 Å². The van der Waals surface area contributed by atoms with E-state index in [4.69, 9.17) is 28.9 Å². The maximum absolute atomic E-state index is 12.7. The minimum atomic E-state index is -4.63. The molecule has 3 N–H and O–H groups in total. The van der Waals surface area contributed by atoms with E-state index in [-0.39, 0.29) is 50.8 Å². The minimum absolute atomic E-state index is 0. The number of allylic oxidation sites excluding steroid dienone is 4. The number of ether oxygens (including phenoxy) is 5. The van der Waals surface area contributed by atoms with Crippen molar-refractivity contribution in [2.24, 2.45) is 0 Å². The fourth-order valence-corrected chi connectivity index (χ4v) is 9.17. The second-order valence-electron chi connectivity index (χ2n) is 17.7. The van der Waals surface area contributed by atoms with Gasteiger partial charge in [0, 0.05) is 37.3 Å². The number of methoxy groups -OCH3 is 2. The van der Waals surface area contributed by atoms with Gasteiger partial charge in [-0.1, -0.05) is 50.4 Å². The number of carbonyl (C=O) groups is 2. The average Bonchev–Trinajstić information content (AvgIpc) is 3.77. The van der Waals surface area contributed by atoms with Gasteiger partial charge in [0.15, 0.2) is 5.16 Å². The molecule has 0 aromatic heterocycles. The molecule has 2 unspecified atom stereocenters. The average molecular weight is 944 g/mol. The van der Waals surface area contributed by atoms with Gasteiger partial charge in [0.1, 0.15) is 59.6 Å². The van der Waals surface area contributed by atoms with Crippen LogP contribution in [0.15, 0.2) is 23.3 Å². The SMILES string of the molecule is C.CC#N.COc1c(C)c2c(c(O)c1C/C=C(\C)CC(C)(C#N)P(=O)(O)O)C(=O)OC2.COc1c(C)c2c(c(OCC[Si](C)(C)C)c1C/C=C(\C)CC(C)(C#N)P(C)(C)=O)C(=O)OC2. The molecular weight excluding hydrogens is 877 g/mol. The second-order valence-corrected chi connectivity index (χ2v) is 29.1. The van der Waals surface area contributed by atoms with Crippen LogP contribution in [0.1, 0.15) is 109 Å². The Hall–Kier alpha value is -4.87. The molecule has 2 aromatic rings. The van der Waals surface area contributed by atoms with Crippen LogP contribution in [0.25, 0.3) is 0 Å². The predicted octanol–water partition coefficient (Wildman–Crippen LogP) is 10.1. The van der Waals surface area contributed by atoms with E-state index in [9.17, 15) is 44.1 Å². The van der Waals surface area contributed by atoms with Crippen molar-refractivity contribution in [2.45, 2.75) is 131 Å². The molecule has 0 aliphatic carbocycles. The normalized spacial score (nSPS) is 15.3. The number of benzene rings is 2. The highest BCUT2D eigenvalue weighted by Gasteiger charge is 2.43. The smallest absolute Gasteiger partial charge is 0.345 e. The highest BCUT2D eigenvalue weighted by atomic mass is 31.2. The summed E-state index contributed by atoms with van der Waals surface area (Å²) in [5.41, 5.74) is 6.28. The van der Waals surface area contributed by atoms with Gasteiger partial charge in [-0.15, -0.1) is 0 Å². The Kier molecular flexibility index (Phi) is 20.4. The second kappa shape index (κ2) is 22.8. The van der Waals surface area contributed by atoms with Crippen LogP contribution in [0.5, 0.6) is 23.0 Å². The zero-order chi connectivity index (χ0) is 48.5. The van der Waals surface area contributed by atoms with Crippen LogP contribution in [-0.4, -0.2) is 79.4 Å². The molecule has 0 fully saturated rings. The number of aromatic hydroxyl groups is 1. The van der Waals surface area contributed by atoms with E-state index in [2.05, 4.69) is 25.7 Å². The number of hydrogen-bond acceptors (Lipinski definition) is 13.